The molecule has 1 fully saturated rings. The van der Waals surface area contributed by atoms with Crippen LogP contribution in [0.15, 0.2) is 18.3 Å². The Balaban J connectivity index is 2.10. The molecule has 6 heteroatoms. The normalized spacial score (nSPS) is 17.4. The van der Waals surface area contributed by atoms with Crippen LogP contribution in [-0.4, -0.2) is 27.7 Å². The number of rotatable bonds is 2. The second-order valence-electron chi connectivity index (χ2n) is 4.51. The Kier molecular flexibility index (Phi) is 2.52. The number of fused-ring (bicyclic) bond motifs is 1. The molecule has 0 aromatic carbocycles. The van der Waals surface area contributed by atoms with E-state index in [9.17, 15) is 4.79 Å². The van der Waals surface area contributed by atoms with Crippen molar-refractivity contribution >= 4 is 23.2 Å². The van der Waals surface area contributed by atoms with E-state index in [1.807, 2.05) is 0 Å². The molecule has 3 rings (SSSR count). The molecule has 0 N–H and O–H groups in total. The van der Waals surface area contributed by atoms with E-state index >= 15 is 0 Å². The summed E-state index contributed by atoms with van der Waals surface area (Å²) >= 11 is 5.90. The van der Waals surface area contributed by atoms with E-state index in [2.05, 4.69) is 10.1 Å². The summed E-state index contributed by atoms with van der Waals surface area (Å²) in [5, 5.41) is 4.94. The van der Waals surface area contributed by atoms with Crippen molar-refractivity contribution < 1.29 is 9.53 Å². The molecule has 1 aliphatic rings. The van der Waals surface area contributed by atoms with Gasteiger partial charge in [-0.1, -0.05) is 18.0 Å². The Morgan fingerprint density at radius 1 is 1.50 bits per heavy atom. The minimum absolute atomic E-state index is 0.254. The summed E-state index contributed by atoms with van der Waals surface area (Å²) in [6, 6.07) is 3.53. The fourth-order valence-corrected chi connectivity index (χ4v) is 2.46. The van der Waals surface area contributed by atoms with Crippen molar-refractivity contribution in [2.75, 3.05) is 7.11 Å². The molecule has 0 amide bonds. The van der Waals surface area contributed by atoms with Crippen molar-refractivity contribution in [3.63, 3.8) is 0 Å². The first kappa shape index (κ1) is 11.5. The lowest BCUT2D eigenvalue weighted by Gasteiger charge is -2.35. The number of carbonyl (C=O) groups excluding carboxylic acids is 1. The summed E-state index contributed by atoms with van der Waals surface area (Å²) in [5.41, 5.74) is 0.0253. The lowest BCUT2D eigenvalue weighted by molar-refractivity contribution is -0.151. The van der Waals surface area contributed by atoms with E-state index < -0.39 is 5.41 Å². The number of esters is 1. The number of carbonyl (C=O) groups is 1. The number of ether oxygens (including phenoxy) is 1. The molecular weight excluding hydrogens is 254 g/mol. The number of methoxy groups -OCH3 is 1. The fourth-order valence-electron chi connectivity index (χ4n) is 2.31. The second kappa shape index (κ2) is 3.95. The van der Waals surface area contributed by atoms with E-state index in [0.29, 0.717) is 16.5 Å². The Hall–Kier alpha value is -1.62. The van der Waals surface area contributed by atoms with Crippen LogP contribution in [0.3, 0.4) is 0 Å². The number of aromatic nitrogens is 3. The Morgan fingerprint density at radius 3 is 2.89 bits per heavy atom. The summed E-state index contributed by atoms with van der Waals surface area (Å²) in [4.78, 5) is 16.3. The number of pyridine rings is 1. The SMILES string of the molecule is COC(=O)C1(c2nc3ccc(Cl)cn3n2)CCC1. The lowest BCUT2D eigenvalue weighted by Crippen LogP contribution is -2.44. The molecule has 2 heterocycles. The Labute approximate surface area is 109 Å². The van der Waals surface area contributed by atoms with Crippen LogP contribution in [0.1, 0.15) is 25.1 Å². The van der Waals surface area contributed by atoms with Gasteiger partial charge in [0.05, 0.1) is 12.1 Å². The zero-order valence-electron chi connectivity index (χ0n) is 9.89. The minimum Gasteiger partial charge on any atom is -0.468 e. The van der Waals surface area contributed by atoms with E-state index in [4.69, 9.17) is 16.3 Å². The minimum atomic E-state index is -0.659. The van der Waals surface area contributed by atoms with E-state index in [1.165, 1.54) is 7.11 Å². The average Bonchev–Trinajstić information content (AvgIpc) is 2.70. The van der Waals surface area contributed by atoms with E-state index in [0.717, 1.165) is 19.3 Å². The van der Waals surface area contributed by atoms with Crippen molar-refractivity contribution in [1.29, 1.82) is 0 Å². The Bertz CT molecular complexity index is 619. The summed E-state index contributed by atoms with van der Waals surface area (Å²) in [6.45, 7) is 0. The maximum atomic E-state index is 11.9. The van der Waals surface area contributed by atoms with Gasteiger partial charge in [-0.3, -0.25) is 4.79 Å². The average molecular weight is 266 g/mol. The summed E-state index contributed by atoms with van der Waals surface area (Å²) in [7, 11) is 1.40. The zero-order chi connectivity index (χ0) is 12.8. The third-order valence-corrected chi connectivity index (χ3v) is 3.73. The monoisotopic (exact) mass is 265 g/mol. The van der Waals surface area contributed by atoms with Crippen molar-refractivity contribution in [3.05, 3.63) is 29.2 Å². The second-order valence-corrected chi connectivity index (χ2v) is 4.95. The van der Waals surface area contributed by atoms with Gasteiger partial charge < -0.3 is 4.74 Å². The molecular formula is C12H12ClN3O2. The molecule has 0 aliphatic heterocycles. The molecule has 2 aromatic heterocycles. The molecule has 18 heavy (non-hydrogen) atoms. The topological polar surface area (TPSA) is 56.5 Å². The van der Waals surface area contributed by atoms with Crippen molar-refractivity contribution in [1.82, 2.24) is 14.6 Å². The van der Waals surface area contributed by atoms with Gasteiger partial charge in [0, 0.05) is 6.20 Å². The third kappa shape index (κ3) is 1.50. The van der Waals surface area contributed by atoms with E-state index in [1.54, 1.807) is 22.8 Å². The van der Waals surface area contributed by atoms with Crippen LogP contribution in [0.25, 0.3) is 5.65 Å². The summed E-state index contributed by atoms with van der Waals surface area (Å²) in [6.07, 6.45) is 4.15. The van der Waals surface area contributed by atoms with Crippen LogP contribution in [0.5, 0.6) is 0 Å². The maximum absolute atomic E-state index is 11.9. The number of hydrogen-bond acceptors (Lipinski definition) is 4. The highest BCUT2D eigenvalue weighted by molar-refractivity contribution is 6.30. The van der Waals surface area contributed by atoms with Crippen LogP contribution in [0.4, 0.5) is 0 Å². The van der Waals surface area contributed by atoms with Crippen molar-refractivity contribution in [2.45, 2.75) is 24.7 Å². The lowest BCUT2D eigenvalue weighted by atomic mass is 9.68. The number of hydrogen-bond donors (Lipinski definition) is 0. The highest BCUT2D eigenvalue weighted by atomic mass is 35.5. The van der Waals surface area contributed by atoms with Gasteiger partial charge in [-0.25, -0.2) is 9.50 Å². The van der Waals surface area contributed by atoms with Gasteiger partial charge in [-0.05, 0) is 25.0 Å². The van der Waals surface area contributed by atoms with Gasteiger partial charge in [0.1, 0.15) is 5.41 Å². The van der Waals surface area contributed by atoms with Gasteiger partial charge in [-0.2, -0.15) is 5.10 Å². The van der Waals surface area contributed by atoms with Gasteiger partial charge >= 0.3 is 5.97 Å². The van der Waals surface area contributed by atoms with Gasteiger partial charge in [0.15, 0.2) is 11.5 Å². The molecule has 0 radical (unpaired) electrons. The molecule has 1 aliphatic carbocycles. The summed E-state index contributed by atoms with van der Waals surface area (Å²) < 4.78 is 6.48. The van der Waals surface area contributed by atoms with Crippen molar-refractivity contribution in [2.24, 2.45) is 0 Å². The fraction of sp³-hybridized carbons (Fsp3) is 0.417. The van der Waals surface area contributed by atoms with Crippen LogP contribution in [0.2, 0.25) is 5.02 Å². The molecule has 2 aromatic rings. The molecule has 1 saturated carbocycles. The zero-order valence-corrected chi connectivity index (χ0v) is 10.6. The first-order chi connectivity index (χ1) is 8.65. The smallest absolute Gasteiger partial charge is 0.319 e. The molecule has 0 unspecified atom stereocenters. The van der Waals surface area contributed by atoms with Gasteiger partial charge in [0.2, 0.25) is 0 Å². The molecule has 0 spiro atoms. The molecule has 0 saturated heterocycles. The van der Waals surface area contributed by atoms with Crippen LogP contribution in [-0.2, 0) is 14.9 Å². The van der Waals surface area contributed by atoms with Gasteiger partial charge in [0.25, 0.3) is 0 Å². The quantitative estimate of drug-likeness (QED) is 0.779. The number of halogens is 1. The highest BCUT2D eigenvalue weighted by Gasteiger charge is 2.50. The highest BCUT2D eigenvalue weighted by Crippen LogP contribution is 2.43. The van der Waals surface area contributed by atoms with Crippen LogP contribution < -0.4 is 0 Å². The first-order valence-electron chi connectivity index (χ1n) is 5.76. The largest absolute Gasteiger partial charge is 0.468 e. The van der Waals surface area contributed by atoms with Crippen molar-refractivity contribution in [3.8, 4) is 0 Å². The van der Waals surface area contributed by atoms with Crippen LogP contribution >= 0.6 is 11.6 Å². The predicted octanol–water partition coefficient (Wildman–Crippen LogP) is 1.98. The summed E-state index contributed by atoms with van der Waals surface area (Å²) in [5.74, 6) is 0.276. The molecule has 5 nitrogen and oxygen atoms in total. The predicted molar refractivity (Wildman–Crippen MR) is 65.5 cm³/mol. The van der Waals surface area contributed by atoms with Gasteiger partial charge in [-0.15, -0.1) is 0 Å². The van der Waals surface area contributed by atoms with Crippen LogP contribution in [0, 0.1) is 0 Å². The standard InChI is InChI=1S/C12H12ClN3O2/c1-18-11(17)12(5-2-6-12)10-14-9-4-3-8(13)7-16(9)15-10/h3-4,7H,2,5-6H2,1H3. The first-order valence-corrected chi connectivity index (χ1v) is 6.14. The Morgan fingerprint density at radius 2 is 2.28 bits per heavy atom. The molecule has 94 valence electrons. The molecule has 0 atom stereocenters. The van der Waals surface area contributed by atoms with E-state index in [-0.39, 0.29) is 5.97 Å². The number of nitrogens with zero attached hydrogens (tertiary/aromatic N) is 3. The maximum Gasteiger partial charge on any atom is 0.319 e. The third-order valence-electron chi connectivity index (χ3n) is 3.51. The molecule has 0 bridgehead atoms.